The van der Waals surface area contributed by atoms with E-state index in [0.29, 0.717) is 5.78 Å². The molecule has 2 rings (SSSR count). The molecule has 1 aliphatic heterocycles. The summed E-state index contributed by atoms with van der Waals surface area (Å²) in [6, 6.07) is 0.235. The van der Waals surface area contributed by atoms with Gasteiger partial charge in [-0.25, -0.2) is 0 Å². The molecule has 0 aromatic carbocycles. The molecule has 2 aliphatic rings. The van der Waals surface area contributed by atoms with Gasteiger partial charge >= 0.3 is 0 Å². The molecule has 3 atom stereocenters. The molecule has 0 N–H and O–H groups in total. The summed E-state index contributed by atoms with van der Waals surface area (Å²) >= 11 is 0. The van der Waals surface area contributed by atoms with Crippen molar-refractivity contribution < 1.29 is 4.79 Å². The first-order chi connectivity index (χ1) is 5.18. The number of carbonyl (C=O) groups excluding carboxylic acids is 1. The van der Waals surface area contributed by atoms with Crippen LogP contribution in [-0.2, 0) is 4.79 Å². The van der Waals surface area contributed by atoms with Gasteiger partial charge in [0, 0.05) is 6.54 Å². The second-order valence-corrected chi connectivity index (χ2v) is 4.06. The number of carbonyl (C=O) groups is 1. The molecule has 0 bridgehead atoms. The highest BCUT2D eigenvalue weighted by Gasteiger charge is 2.45. The number of likely N-dealkylation sites (N-methyl/N-ethyl adjacent to an activating group) is 1. The van der Waals surface area contributed by atoms with Gasteiger partial charge in [-0.3, -0.25) is 9.69 Å². The summed E-state index contributed by atoms with van der Waals surface area (Å²) in [6.07, 6.45) is 2.49. The highest BCUT2D eigenvalue weighted by molar-refractivity contribution is 5.81. The number of piperidine rings is 1. The fourth-order valence-corrected chi connectivity index (χ4v) is 2.26. The van der Waals surface area contributed by atoms with E-state index in [-0.39, 0.29) is 6.04 Å². The average Bonchev–Trinajstić information content (AvgIpc) is 2.63. The maximum atomic E-state index is 11.1. The number of hydrogen-bond acceptors (Lipinski definition) is 2. The molecule has 62 valence electrons. The molecule has 0 spiro atoms. The Balaban J connectivity index is 2.03. The summed E-state index contributed by atoms with van der Waals surface area (Å²) in [5.74, 6) is 2.16. The van der Waals surface area contributed by atoms with Crippen molar-refractivity contribution in [2.75, 3.05) is 13.6 Å². The molecule has 1 aliphatic carbocycles. The number of Topliss-reactive ketones (excluding diaryl/α,β-unsaturated/α-hetero) is 1. The third-order valence-corrected chi connectivity index (χ3v) is 3.12. The largest absolute Gasteiger partial charge is 0.298 e. The van der Waals surface area contributed by atoms with Gasteiger partial charge in [0.2, 0.25) is 0 Å². The van der Waals surface area contributed by atoms with E-state index in [2.05, 4.69) is 11.9 Å². The molecule has 2 nitrogen and oxygen atoms in total. The third-order valence-electron chi connectivity index (χ3n) is 3.12. The van der Waals surface area contributed by atoms with Crippen molar-refractivity contribution >= 4 is 5.78 Å². The van der Waals surface area contributed by atoms with Gasteiger partial charge in [-0.05, 0) is 38.6 Å². The predicted molar refractivity (Wildman–Crippen MR) is 43.3 cm³/mol. The number of hydrogen-bond donors (Lipinski definition) is 0. The van der Waals surface area contributed by atoms with Gasteiger partial charge in [-0.2, -0.15) is 0 Å². The maximum absolute atomic E-state index is 11.1. The van der Waals surface area contributed by atoms with Gasteiger partial charge in [0.05, 0.1) is 6.04 Å². The molecule has 1 heterocycles. The van der Waals surface area contributed by atoms with Gasteiger partial charge in [-0.1, -0.05) is 0 Å². The Kier molecular flexibility index (Phi) is 1.53. The van der Waals surface area contributed by atoms with Gasteiger partial charge < -0.3 is 0 Å². The summed E-state index contributed by atoms with van der Waals surface area (Å²) in [4.78, 5) is 13.4. The van der Waals surface area contributed by atoms with Crippen molar-refractivity contribution in [1.82, 2.24) is 4.90 Å². The Morgan fingerprint density at radius 1 is 1.36 bits per heavy atom. The zero-order valence-electron chi connectivity index (χ0n) is 7.21. The van der Waals surface area contributed by atoms with Crippen LogP contribution in [0.25, 0.3) is 0 Å². The van der Waals surface area contributed by atoms with Crippen LogP contribution >= 0.6 is 0 Å². The smallest absolute Gasteiger partial charge is 0.146 e. The molecular weight excluding hydrogens is 138 g/mol. The number of nitrogens with zero attached hydrogens (tertiary/aromatic N) is 1. The topological polar surface area (TPSA) is 20.3 Å². The highest BCUT2D eigenvalue weighted by Crippen LogP contribution is 2.46. The van der Waals surface area contributed by atoms with Crippen LogP contribution in [-0.4, -0.2) is 30.3 Å². The summed E-state index contributed by atoms with van der Waals surface area (Å²) in [7, 11) is 2.07. The predicted octanol–water partition coefficient (Wildman–Crippen LogP) is 0.916. The van der Waals surface area contributed by atoms with Crippen LogP contribution in [0.1, 0.15) is 19.8 Å². The van der Waals surface area contributed by atoms with Crippen LogP contribution in [0.2, 0.25) is 0 Å². The maximum Gasteiger partial charge on any atom is 0.146 e. The zero-order valence-corrected chi connectivity index (χ0v) is 7.21. The van der Waals surface area contributed by atoms with E-state index in [1.807, 2.05) is 0 Å². The monoisotopic (exact) mass is 153 g/mol. The molecule has 2 fully saturated rings. The normalized spacial score (nSPS) is 43.3. The van der Waals surface area contributed by atoms with Crippen molar-refractivity contribution in [1.29, 1.82) is 0 Å². The van der Waals surface area contributed by atoms with E-state index in [4.69, 9.17) is 0 Å². The van der Waals surface area contributed by atoms with Crippen LogP contribution in [0.3, 0.4) is 0 Å². The van der Waals surface area contributed by atoms with Crippen LogP contribution < -0.4 is 0 Å². The van der Waals surface area contributed by atoms with E-state index in [1.165, 1.54) is 6.42 Å². The van der Waals surface area contributed by atoms with Gasteiger partial charge in [0.25, 0.3) is 0 Å². The summed E-state index contributed by atoms with van der Waals surface area (Å²) < 4.78 is 0. The van der Waals surface area contributed by atoms with Crippen molar-refractivity contribution in [2.45, 2.75) is 25.8 Å². The fraction of sp³-hybridized carbons (Fsp3) is 0.889. The summed E-state index contributed by atoms with van der Waals surface area (Å²) in [5, 5.41) is 0. The molecule has 1 saturated heterocycles. The molecule has 0 aromatic rings. The second-order valence-electron chi connectivity index (χ2n) is 4.06. The van der Waals surface area contributed by atoms with Crippen molar-refractivity contribution in [2.24, 2.45) is 11.8 Å². The lowest BCUT2D eigenvalue weighted by Crippen LogP contribution is -2.41. The molecule has 1 saturated carbocycles. The average molecular weight is 153 g/mol. The van der Waals surface area contributed by atoms with Crippen LogP contribution in [0, 0.1) is 11.8 Å². The number of ketones is 1. The zero-order chi connectivity index (χ0) is 8.01. The standard InChI is InChI=1S/C9H15NO/c1-6(11)9-4-7-3-8(7)5-10(9)2/h7-9H,3-5H2,1-2H3. The number of rotatable bonds is 1. The first-order valence-electron chi connectivity index (χ1n) is 4.39. The van der Waals surface area contributed by atoms with Gasteiger partial charge in [-0.15, -0.1) is 0 Å². The molecule has 0 radical (unpaired) electrons. The van der Waals surface area contributed by atoms with E-state index < -0.39 is 0 Å². The lowest BCUT2D eigenvalue weighted by atomic mass is 10.00. The van der Waals surface area contributed by atoms with Crippen molar-refractivity contribution in [3.63, 3.8) is 0 Å². The summed E-state index contributed by atoms with van der Waals surface area (Å²) in [5.41, 5.74) is 0. The molecule has 11 heavy (non-hydrogen) atoms. The molecule has 2 heteroatoms. The SMILES string of the molecule is CC(=O)C1CC2CC2CN1C. The van der Waals surface area contributed by atoms with Crippen LogP contribution in [0.5, 0.6) is 0 Å². The number of fused-ring (bicyclic) bond motifs is 1. The Hall–Kier alpha value is -0.370. The van der Waals surface area contributed by atoms with Crippen LogP contribution in [0.4, 0.5) is 0 Å². The van der Waals surface area contributed by atoms with Gasteiger partial charge in [0.15, 0.2) is 0 Å². The van der Waals surface area contributed by atoms with E-state index in [0.717, 1.165) is 24.8 Å². The first-order valence-corrected chi connectivity index (χ1v) is 4.39. The quantitative estimate of drug-likeness (QED) is 0.558. The highest BCUT2D eigenvalue weighted by atomic mass is 16.1. The summed E-state index contributed by atoms with van der Waals surface area (Å²) in [6.45, 7) is 2.86. The third kappa shape index (κ3) is 1.20. The Labute approximate surface area is 67.6 Å². The minimum atomic E-state index is 0.235. The Morgan fingerprint density at radius 3 is 2.73 bits per heavy atom. The van der Waals surface area contributed by atoms with Gasteiger partial charge in [0.1, 0.15) is 5.78 Å². The lowest BCUT2D eigenvalue weighted by Gasteiger charge is -2.29. The molecule has 0 aromatic heterocycles. The first kappa shape index (κ1) is 7.29. The minimum absolute atomic E-state index is 0.235. The van der Waals surface area contributed by atoms with E-state index >= 15 is 0 Å². The van der Waals surface area contributed by atoms with E-state index in [1.54, 1.807) is 6.92 Å². The van der Waals surface area contributed by atoms with Crippen molar-refractivity contribution in [3.8, 4) is 0 Å². The fourth-order valence-electron chi connectivity index (χ4n) is 2.26. The minimum Gasteiger partial charge on any atom is -0.298 e. The Bertz CT molecular complexity index is 190. The second kappa shape index (κ2) is 2.31. The number of likely N-dealkylation sites (tertiary alicyclic amines) is 1. The van der Waals surface area contributed by atoms with Crippen molar-refractivity contribution in [3.05, 3.63) is 0 Å². The van der Waals surface area contributed by atoms with E-state index in [9.17, 15) is 4.79 Å². The van der Waals surface area contributed by atoms with Crippen LogP contribution in [0.15, 0.2) is 0 Å². The Morgan fingerprint density at radius 2 is 2.09 bits per heavy atom. The molecule has 0 amide bonds. The lowest BCUT2D eigenvalue weighted by molar-refractivity contribution is -0.122. The molecular formula is C9H15NO. The molecule has 3 unspecified atom stereocenters.